The molecular formula is C28H23NO4. The van der Waals surface area contributed by atoms with Crippen LogP contribution in [-0.2, 0) is 13.1 Å². The quantitative estimate of drug-likeness (QED) is 0.363. The van der Waals surface area contributed by atoms with Gasteiger partial charge in [0.2, 0.25) is 5.75 Å². The Balaban J connectivity index is 1.55. The molecule has 0 aliphatic carbocycles. The molecule has 1 heterocycles. The van der Waals surface area contributed by atoms with E-state index in [9.17, 15) is 20.1 Å². The number of carbonyl (C=O) groups excluding carboxylic acids is 1. The molecule has 4 aromatic carbocycles. The summed E-state index contributed by atoms with van der Waals surface area (Å²) < 4.78 is 0. The summed E-state index contributed by atoms with van der Waals surface area (Å²) in [7, 11) is 0. The molecule has 0 atom stereocenters. The van der Waals surface area contributed by atoms with Crippen molar-refractivity contribution in [2.24, 2.45) is 0 Å². The minimum Gasteiger partial charge on any atom is -0.504 e. The number of fused-ring (bicyclic) bond motifs is 1. The molecule has 5 nitrogen and oxygen atoms in total. The second-order valence-electron chi connectivity index (χ2n) is 8.36. The van der Waals surface area contributed by atoms with Crippen molar-refractivity contribution in [2.75, 3.05) is 0 Å². The van der Waals surface area contributed by atoms with Crippen LogP contribution in [0.25, 0.3) is 22.3 Å². The Morgan fingerprint density at radius 3 is 1.94 bits per heavy atom. The van der Waals surface area contributed by atoms with E-state index in [0.29, 0.717) is 23.2 Å². The highest BCUT2D eigenvalue weighted by Crippen LogP contribution is 2.50. The van der Waals surface area contributed by atoms with Crippen molar-refractivity contribution in [3.63, 3.8) is 0 Å². The summed E-state index contributed by atoms with van der Waals surface area (Å²) in [6, 6.07) is 25.4. The van der Waals surface area contributed by atoms with E-state index in [0.717, 1.165) is 22.3 Å². The van der Waals surface area contributed by atoms with Crippen LogP contribution in [0.1, 0.15) is 27.0 Å². The van der Waals surface area contributed by atoms with Gasteiger partial charge in [0, 0.05) is 18.7 Å². The highest BCUT2D eigenvalue weighted by Gasteiger charge is 2.36. The number of aromatic hydroxyl groups is 3. The molecule has 0 saturated carbocycles. The number of benzene rings is 4. The summed E-state index contributed by atoms with van der Waals surface area (Å²) in [6.07, 6.45) is 0. The van der Waals surface area contributed by atoms with Gasteiger partial charge in [-0.15, -0.1) is 0 Å². The Labute approximate surface area is 191 Å². The van der Waals surface area contributed by atoms with E-state index in [4.69, 9.17) is 0 Å². The SMILES string of the molecule is Cc1ccc(CN2Cc3c(c(O)c(O)c(O)c3-c3ccc(-c4ccccc4)cc3)C2=O)cc1. The number of nitrogens with zero attached hydrogens (tertiary/aromatic N) is 1. The molecule has 5 heteroatoms. The first-order valence-corrected chi connectivity index (χ1v) is 10.7. The van der Waals surface area contributed by atoms with Crippen molar-refractivity contribution < 1.29 is 20.1 Å². The van der Waals surface area contributed by atoms with Crippen LogP contribution in [0.15, 0.2) is 78.9 Å². The van der Waals surface area contributed by atoms with Crippen LogP contribution in [-0.4, -0.2) is 26.1 Å². The summed E-state index contributed by atoms with van der Waals surface area (Å²) in [6.45, 7) is 2.58. The second-order valence-corrected chi connectivity index (χ2v) is 8.36. The van der Waals surface area contributed by atoms with Gasteiger partial charge in [-0.05, 0) is 34.7 Å². The summed E-state index contributed by atoms with van der Waals surface area (Å²) in [5.41, 5.74) is 5.73. The van der Waals surface area contributed by atoms with Gasteiger partial charge in [0.05, 0.1) is 5.56 Å². The Morgan fingerprint density at radius 2 is 1.27 bits per heavy atom. The lowest BCUT2D eigenvalue weighted by atomic mass is 9.93. The number of carbonyl (C=O) groups is 1. The first-order chi connectivity index (χ1) is 15.9. The van der Waals surface area contributed by atoms with Crippen molar-refractivity contribution in [3.05, 3.63) is 101 Å². The van der Waals surface area contributed by atoms with Gasteiger partial charge >= 0.3 is 0 Å². The average molecular weight is 437 g/mol. The van der Waals surface area contributed by atoms with Crippen LogP contribution in [0.5, 0.6) is 17.2 Å². The lowest BCUT2D eigenvalue weighted by Crippen LogP contribution is -2.23. The summed E-state index contributed by atoms with van der Waals surface area (Å²) in [5.74, 6) is -2.06. The van der Waals surface area contributed by atoms with Crippen molar-refractivity contribution in [1.29, 1.82) is 0 Å². The minimum absolute atomic E-state index is 0.0412. The zero-order chi connectivity index (χ0) is 23.1. The maximum Gasteiger partial charge on any atom is 0.258 e. The Kier molecular flexibility index (Phi) is 5.02. The molecule has 1 aliphatic rings. The maximum atomic E-state index is 13.1. The highest BCUT2D eigenvalue weighted by molar-refractivity contribution is 6.05. The number of rotatable bonds is 4. The third-order valence-corrected chi connectivity index (χ3v) is 6.15. The summed E-state index contributed by atoms with van der Waals surface area (Å²) in [5, 5.41) is 31.6. The van der Waals surface area contributed by atoms with Crippen molar-refractivity contribution in [3.8, 4) is 39.5 Å². The molecule has 33 heavy (non-hydrogen) atoms. The number of amides is 1. The summed E-state index contributed by atoms with van der Waals surface area (Å²) in [4.78, 5) is 14.8. The molecule has 5 rings (SSSR count). The third-order valence-electron chi connectivity index (χ3n) is 6.15. The largest absolute Gasteiger partial charge is 0.504 e. The summed E-state index contributed by atoms with van der Waals surface area (Å²) >= 11 is 0. The lowest BCUT2D eigenvalue weighted by molar-refractivity contribution is 0.0764. The van der Waals surface area contributed by atoms with Crippen LogP contribution in [0.2, 0.25) is 0 Å². The third kappa shape index (κ3) is 3.57. The monoisotopic (exact) mass is 437 g/mol. The van der Waals surface area contributed by atoms with E-state index in [1.54, 1.807) is 4.90 Å². The maximum absolute atomic E-state index is 13.1. The number of aryl methyl sites for hydroxylation is 1. The molecule has 3 N–H and O–H groups in total. The van der Waals surface area contributed by atoms with Gasteiger partial charge in [-0.2, -0.15) is 0 Å². The molecule has 0 saturated heterocycles. The van der Waals surface area contributed by atoms with Crippen LogP contribution in [0.3, 0.4) is 0 Å². The van der Waals surface area contributed by atoms with Crippen LogP contribution >= 0.6 is 0 Å². The molecule has 0 spiro atoms. The Bertz CT molecular complexity index is 1340. The topological polar surface area (TPSA) is 81.0 Å². The zero-order valence-corrected chi connectivity index (χ0v) is 18.1. The first-order valence-electron chi connectivity index (χ1n) is 10.7. The molecule has 4 aromatic rings. The fraction of sp³-hybridized carbons (Fsp3) is 0.107. The van der Waals surface area contributed by atoms with E-state index in [-0.39, 0.29) is 18.0 Å². The number of phenols is 3. The molecule has 0 fully saturated rings. The molecule has 0 unspecified atom stereocenters. The smallest absolute Gasteiger partial charge is 0.258 e. The van der Waals surface area contributed by atoms with Gasteiger partial charge < -0.3 is 20.2 Å². The van der Waals surface area contributed by atoms with Gasteiger partial charge in [0.25, 0.3) is 5.91 Å². The Morgan fingerprint density at radius 1 is 0.697 bits per heavy atom. The van der Waals surface area contributed by atoms with Crippen molar-refractivity contribution in [2.45, 2.75) is 20.0 Å². The normalized spacial score (nSPS) is 12.8. The molecule has 0 radical (unpaired) electrons. The molecule has 0 bridgehead atoms. The lowest BCUT2D eigenvalue weighted by Gasteiger charge is -2.16. The van der Waals surface area contributed by atoms with Crippen molar-refractivity contribution >= 4 is 5.91 Å². The molecule has 164 valence electrons. The van der Waals surface area contributed by atoms with Gasteiger partial charge in [-0.1, -0.05) is 84.4 Å². The van der Waals surface area contributed by atoms with Gasteiger partial charge in [-0.25, -0.2) is 0 Å². The van der Waals surface area contributed by atoms with Crippen LogP contribution in [0.4, 0.5) is 0 Å². The molecule has 1 aliphatic heterocycles. The second kappa shape index (κ2) is 8.02. The van der Waals surface area contributed by atoms with E-state index >= 15 is 0 Å². The first kappa shape index (κ1) is 20.6. The number of hydrogen-bond donors (Lipinski definition) is 3. The number of hydrogen-bond acceptors (Lipinski definition) is 4. The standard InChI is InChI=1S/C28H23NO4/c1-17-7-9-18(10-8-17)15-29-16-22-23(25(30)27(32)26(31)24(22)28(29)33)21-13-11-20(12-14-21)19-5-3-2-4-6-19/h2-14,30-32H,15-16H2,1H3. The Hall–Kier alpha value is -4.25. The van der Waals surface area contributed by atoms with Gasteiger partial charge in [0.1, 0.15) is 0 Å². The van der Waals surface area contributed by atoms with Crippen molar-refractivity contribution in [1.82, 2.24) is 4.90 Å². The van der Waals surface area contributed by atoms with Crippen LogP contribution in [0, 0.1) is 6.92 Å². The van der Waals surface area contributed by atoms with E-state index in [1.165, 1.54) is 0 Å². The molecule has 0 aromatic heterocycles. The highest BCUT2D eigenvalue weighted by atomic mass is 16.3. The zero-order valence-electron chi connectivity index (χ0n) is 18.1. The van der Waals surface area contributed by atoms with Gasteiger partial charge in [0.15, 0.2) is 11.5 Å². The average Bonchev–Trinajstić information content (AvgIpc) is 3.15. The predicted octanol–water partition coefficient (Wildman–Crippen LogP) is 5.60. The predicted molar refractivity (Wildman–Crippen MR) is 127 cm³/mol. The van der Waals surface area contributed by atoms with E-state index in [1.807, 2.05) is 85.8 Å². The fourth-order valence-electron chi connectivity index (χ4n) is 4.38. The van der Waals surface area contributed by atoms with E-state index < -0.39 is 17.2 Å². The number of phenolic OH excluding ortho intramolecular Hbond substituents is 3. The molecule has 1 amide bonds. The fourth-order valence-corrected chi connectivity index (χ4v) is 4.38. The van der Waals surface area contributed by atoms with E-state index in [2.05, 4.69) is 0 Å². The van der Waals surface area contributed by atoms with Crippen LogP contribution < -0.4 is 0 Å². The molecular weight excluding hydrogens is 414 g/mol. The van der Waals surface area contributed by atoms with Gasteiger partial charge in [-0.3, -0.25) is 4.79 Å². The minimum atomic E-state index is -0.679.